The molecule has 0 saturated heterocycles. The summed E-state index contributed by atoms with van der Waals surface area (Å²) in [5.41, 5.74) is 0. The summed E-state index contributed by atoms with van der Waals surface area (Å²) >= 11 is 0. The van der Waals surface area contributed by atoms with Crippen molar-refractivity contribution in [2.75, 3.05) is 0 Å². The van der Waals surface area contributed by atoms with Crippen molar-refractivity contribution in [1.29, 1.82) is 0 Å². The molecule has 0 unspecified atom stereocenters. The SMILES string of the molecule is Cc1occc1O[Si](C)(C)C(C)(C)C. The molecule has 80 valence electrons. The van der Waals surface area contributed by atoms with E-state index in [-0.39, 0.29) is 5.04 Å². The third-order valence-electron chi connectivity index (χ3n) is 2.98. The average molecular weight is 212 g/mol. The minimum atomic E-state index is -1.70. The zero-order valence-electron chi connectivity index (χ0n) is 9.97. The molecule has 0 atom stereocenters. The molecule has 0 N–H and O–H groups in total. The number of furan rings is 1. The molecule has 0 bridgehead atoms. The number of aryl methyl sites for hydroxylation is 1. The van der Waals surface area contributed by atoms with E-state index in [0.717, 1.165) is 11.5 Å². The van der Waals surface area contributed by atoms with Crippen molar-refractivity contribution in [2.24, 2.45) is 0 Å². The van der Waals surface area contributed by atoms with Crippen molar-refractivity contribution >= 4 is 8.32 Å². The smallest absolute Gasteiger partial charge is 0.250 e. The topological polar surface area (TPSA) is 22.4 Å². The largest absolute Gasteiger partial charge is 0.541 e. The summed E-state index contributed by atoms with van der Waals surface area (Å²) in [5, 5.41) is 0.233. The fourth-order valence-electron chi connectivity index (χ4n) is 0.907. The highest BCUT2D eigenvalue weighted by Gasteiger charge is 2.39. The monoisotopic (exact) mass is 212 g/mol. The Hall–Kier alpha value is -0.703. The third kappa shape index (κ3) is 2.21. The second-order valence-corrected chi connectivity index (χ2v) is 9.93. The Morgan fingerprint density at radius 3 is 2.21 bits per heavy atom. The van der Waals surface area contributed by atoms with E-state index in [9.17, 15) is 0 Å². The minimum Gasteiger partial charge on any atom is -0.541 e. The van der Waals surface area contributed by atoms with Crippen LogP contribution in [0.4, 0.5) is 0 Å². The molecule has 0 aromatic carbocycles. The summed E-state index contributed by atoms with van der Waals surface area (Å²) in [4.78, 5) is 0. The molecule has 0 saturated carbocycles. The highest BCUT2D eigenvalue weighted by molar-refractivity contribution is 6.74. The maximum absolute atomic E-state index is 6.08. The summed E-state index contributed by atoms with van der Waals surface area (Å²) in [6.45, 7) is 13.1. The van der Waals surface area contributed by atoms with Crippen molar-refractivity contribution in [3.63, 3.8) is 0 Å². The molecule has 0 radical (unpaired) electrons. The van der Waals surface area contributed by atoms with Gasteiger partial charge >= 0.3 is 0 Å². The Bertz CT molecular complexity index is 307. The first-order valence-corrected chi connectivity index (χ1v) is 7.88. The van der Waals surface area contributed by atoms with Crippen LogP contribution in [0.1, 0.15) is 26.5 Å². The van der Waals surface area contributed by atoms with E-state index in [1.165, 1.54) is 0 Å². The van der Waals surface area contributed by atoms with Crippen LogP contribution in [-0.2, 0) is 0 Å². The second-order valence-electron chi connectivity index (χ2n) is 5.20. The van der Waals surface area contributed by atoms with Gasteiger partial charge in [0.1, 0.15) is 11.5 Å². The highest BCUT2D eigenvalue weighted by Crippen LogP contribution is 2.38. The number of hydrogen-bond donors (Lipinski definition) is 0. The Morgan fingerprint density at radius 2 is 1.86 bits per heavy atom. The lowest BCUT2D eigenvalue weighted by Gasteiger charge is -2.36. The molecule has 0 spiro atoms. The van der Waals surface area contributed by atoms with E-state index >= 15 is 0 Å². The Labute approximate surface area is 87.4 Å². The van der Waals surface area contributed by atoms with Gasteiger partial charge in [0.15, 0.2) is 0 Å². The molecule has 0 aliphatic heterocycles. The quantitative estimate of drug-likeness (QED) is 0.692. The van der Waals surface area contributed by atoms with Crippen LogP contribution < -0.4 is 4.43 Å². The van der Waals surface area contributed by atoms with Gasteiger partial charge in [-0.1, -0.05) is 20.8 Å². The first-order chi connectivity index (χ1) is 6.24. The summed E-state index contributed by atoms with van der Waals surface area (Å²) < 4.78 is 11.3. The van der Waals surface area contributed by atoms with Gasteiger partial charge in [-0.2, -0.15) is 0 Å². The second kappa shape index (κ2) is 3.46. The zero-order chi connectivity index (χ0) is 11.0. The highest BCUT2D eigenvalue weighted by atomic mass is 28.4. The van der Waals surface area contributed by atoms with Crippen LogP contribution in [-0.4, -0.2) is 8.32 Å². The van der Waals surface area contributed by atoms with E-state index in [2.05, 4.69) is 33.9 Å². The van der Waals surface area contributed by atoms with Gasteiger partial charge in [-0.25, -0.2) is 0 Å². The van der Waals surface area contributed by atoms with Crippen LogP contribution in [0, 0.1) is 6.92 Å². The summed E-state index contributed by atoms with van der Waals surface area (Å²) in [5.74, 6) is 1.77. The molecule has 2 nitrogen and oxygen atoms in total. The average Bonchev–Trinajstić information content (AvgIpc) is 2.33. The molecule has 3 heteroatoms. The molecule has 0 aliphatic carbocycles. The first kappa shape index (κ1) is 11.4. The predicted octanol–water partition coefficient (Wildman–Crippen LogP) is 3.97. The van der Waals surface area contributed by atoms with Gasteiger partial charge in [-0.05, 0) is 25.1 Å². The normalized spacial score (nSPS) is 13.0. The molecule has 1 aromatic rings. The van der Waals surface area contributed by atoms with E-state index in [4.69, 9.17) is 8.84 Å². The zero-order valence-corrected chi connectivity index (χ0v) is 11.0. The van der Waals surface area contributed by atoms with Crippen LogP contribution in [0.25, 0.3) is 0 Å². The van der Waals surface area contributed by atoms with Crippen LogP contribution in [0.5, 0.6) is 5.75 Å². The number of rotatable bonds is 2. The summed E-state index contributed by atoms with van der Waals surface area (Å²) in [7, 11) is -1.70. The van der Waals surface area contributed by atoms with Gasteiger partial charge < -0.3 is 8.84 Å². The third-order valence-corrected chi connectivity index (χ3v) is 7.33. The van der Waals surface area contributed by atoms with Gasteiger partial charge in [0, 0.05) is 6.07 Å². The molecule has 0 aliphatic rings. The van der Waals surface area contributed by atoms with E-state index in [0.29, 0.717) is 0 Å². The molecule has 1 heterocycles. The predicted molar refractivity (Wildman–Crippen MR) is 61.3 cm³/mol. The van der Waals surface area contributed by atoms with Crippen molar-refractivity contribution in [3.8, 4) is 5.75 Å². The van der Waals surface area contributed by atoms with Gasteiger partial charge in [-0.15, -0.1) is 0 Å². The molecular weight excluding hydrogens is 192 g/mol. The van der Waals surface area contributed by atoms with Gasteiger partial charge in [-0.3, -0.25) is 0 Å². The number of hydrogen-bond acceptors (Lipinski definition) is 2. The first-order valence-electron chi connectivity index (χ1n) is 4.97. The minimum absolute atomic E-state index is 0.233. The van der Waals surface area contributed by atoms with E-state index in [1.54, 1.807) is 6.26 Å². The molecule has 0 amide bonds. The summed E-state index contributed by atoms with van der Waals surface area (Å²) in [6.07, 6.45) is 1.68. The van der Waals surface area contributed by atoms with E-state index in [1.807, 2.05) is 13.0 Å². The van der Waals surface area contributed by atoms with Crippen molar-refractivity contribution in [2.45, 2.75) is 45.8 Å². The lowest BCUT2D eigenvalue weighted by atomic mass is 10.2. The molecule has 1 rings (SSSR count). The Morgan fingerprint density at radius 1 is 1.29 bits per heavy atom. The lowest BCUT2D eigenvalue weighted by Crippen LogP contribution is -2.43. The van der Waals surface area contributed by atoms with Crippen LogP contribution >= 0.6 is 0 Å². The molecule has 0 fully saturated rings. The maximum Gasteiger partial charge on any atom is 0.250 e. The van der Waals surface area contributed by atoms with Crippen molar-refractivity contribution in [1.82, 2.24) is 0 Å². The van der Waals surface area contributed by atoms with Crippen molar-refractivity contribution in [3.05, 3.63) is 18.1 Å². The Kier molecular flexibility index (Phi) is 2.81. The van der Waals surface area contributed by atoms with Gasteiger partial charge in [0.25, 0.3) is 8.32 Å². The molecule has 1 aromatic heterocycles. The van der Waals surface area contributed by atoms with Gasteiger partial charge in [0.05, 0.1) is 6.26 Å². The van der Waals surface area contributed by atoms with Crippen LogP contribution in [0.2, 0.25) is 18.1 Å². The molecule has 14 heavy (non-hydrogen) atoms. The van der Waals surface area contributed by atoms with Gasteiger partial charge in [0.2, 0.25) is 0 Å². The standard InChI is InChI=1S/C11H20O2Si/c1-9-10(7-8-12-9)13-14(5,6)11(2,3)4/h7-8H,1-6H3. The van der Waals surface area contributed by atoms with Crippen LogP contribution in [0.3, 0.4) is 0 Å². The van der Waals surface area contributed by atoms with Crippen molar-refractivity contribution < 1.29 is 8.84 Å². The fraction of sp³-hybridized carbons (Fsp3) is 0.636. The van der Waals surface area contributed by atoms with Crippen LogP contribution in [0.15, 0.2) is 16.7 Å². The summed E-state index contributed by atoms with van der Waals surface area (Å²) in [6, 6.07) is 1.90. The Balaban J connectivity index is 2.84. The lowest BCUT2D eigenvalue weighted by molar-refractivity contribution is 0.463. The molecular formula is C11H20O2Si. The maximum atomic E-state index is 6.08. The van der Waals surface area contributed by atoms with E-state index < -0.39 is 8.32 Å². The fourth-order valence-corrected chi connectivity index (χ4v) is 1.97.